The lowest BCUT2D eigenvalue weighted by atomic mass is 9.94. The number of carboxylic acid groups (broad SMARTS) is 1. The summed E-state index contributed by atoms with van der Waals surface area (Å²) in [6.07, 6.45) is 3.26. The van der Waals surface area contributed by atoms with Crippen LogP contribution in [0.4, 0.5) is 15.9 Å². The van der Waals surface area contributed by atoms with Gasteiger partial charge < -0.3 is 10.4 Å². The Hall–Kier alpha value is -4.10. The molecule has 0 fully saturated rings. The van der Waals surface area contributed by atoms with Gasteiger partial charge in [-0.1, -0.05) is 17.7 Å². The molecule has 0 saturated heterocycles. The second kappa shape index (κ2) is 8.44. The van der Waals surface area contributed by atoms with Crippen LogP contribution in [0, 0.1) is 5.82 Å². The lowest BCUT2D eigenvalue weighted by Crippen LogP contribution is -2.09. The average Bonchev–Trinajstić information content (AvgIpc) is 2.96. The number of nitrogens with zero attached hydrogens (tertiary/aromatic N) is 3. The van der Waals surface area contributed by atoms with Crippen molar-refractivity contribution in [1.29, 1.82) is 0 Å². The molecule has 8 heteroatoms. The topological polar surface area (TPSA) is 87.5 Å². The molecule has 3 heterocycles. The Labute approximate surface area is 193 Å². The van der Waals surface area contributed by atoms with Crippen LogP contribution < -0.4 is 5.32 Å². The lowest BCUT2D eigenvalue weighted by Gasteiger charge is -2.13. The van der Waals surface area contributed by atoms with Gasteiger partial charge in [-0.25, -0.2) is 14.2 Å². The molecule has 0 amide bonds. The molecular formula is C25H16ClFN4O2. The van der Waals surface area contributed by atoms with Crippen LogP contribution in [0.5, 0.6) is 0 Å². The minimum absolute atomic E-state index is 0.165. The highest BCUT2D eigenvalue weighted by atomic mass is 35.5. The van der Waals surface area contributed by atoms with Crippen molar-refractivity contribution in [2.24, 2.45) is 4.99 Å². The summed E-state index contributed by atoms with van der Waals surface area (Å²) in [6, 6.07) is 16.6. The average molecular weight is 459 g/mol. The molecule has 0 spiro atoms. The molecule has 4 aromatic rings. The van der Waals surface area contributed by atoms with Crippen molar-refractivity contribution in [1.82, 2.24) is 9.97 Å². The molecule has 2 aromatic heterocycles. The summed E-state index contributed by atoms with van der Waals surface area (Å²) < 4.78 is 14.6. The van der Waals surface area contributed by atoms with E-state index < -0.39 is 11.8 Å². The van der Waals surface area contributed by atoms with Crippen LogP contribution in [0.1, 0.15) is 27.2 Å². The van der Waals surface area contributed by atoms with E-state index in [0.29, 0.717) is 34.3 Å². The highest BCUT2D eigenvalue weighted by Crippen LogP contribution is 2.35. The van der Waals surface area contributed by atoms with Gasteiger partial charge in [0, 0.05) is 28.7 Å². The fourth-order valence-electron chi connectivity index (χ4n) is 3.73. The largest absolute Gasteiger partial charge is 0.478 e. The third kappa shape index (κ3) is 4.06. The zero-order valence-electron chi connectivity index (χ0n) is 17.1. The minimum atomic E-state index is -0.986. The predicted molar refractivity (Wildman–Crippen MR) is 125 cm³/mol. The zero-order valence-corrected chi connectivity index (χ0v) is 17.8. The number of halogens is 2. The number of aromatic nitrogens is 2. The maximum absolute atomic E-state index is 14.6. The smallest absolute Gasteiger partial charge is 0.335 e. The van der Waals surface area contributed by atoms with E-state index in [1.165, 1.54) is 30.5 Å². The van der Waals surface area contributed by atoms with Gasteiger partial charge in [0.2, 0.25) is 0 Å². The maximum Gasteiger partial charge on any atom is 0.335 e. The van der Waals surface area contributed by atoms with Crippen LogP contribution in [-0.4, -0.2) is 26.8 Å². The molecule has 0 radical (unpaired) electrons. The third-order valence-corrected chi connectivity index (χ3v) is 5.54. The van der Waals surface area contributed by atoms with Gasteiger partial charge in [0.1, 0.15) is 11.5 Å². The highest BCUT2D eigenvalue weighted by molar-refractivity contribution is 6.31. The Morgan fingerprint density at radius 2 is 1.82 bits per heavy atom. The number of fused-ring (bicyclic) bond motifs is 3. The SMILES string of the molecule is O=C(O)c1ccc(Nc2cc3c(cn2)CN=C(c2ncccc2F)c2cc(Cl)ccc2-3)cc1. The lowest BCUT2D eigenvalue weighted by molar-refractivity contribution is 0.0697. The van der Waals surface area contributed by atoms with Gasteiger partial charge in [-0.05, 0) is 71.3 Å². The molecular weight excluding hydrogens is 443 g/mol. The molecule has 0 bridgehead atoms. The Balaban J connectivity index is 1.57. The van der Waals surface area contributed by atoms with Gasteiger partial charge in [-0.15, -0.1) is 0 Å². The number of rotatable bonds is 4. The van der Waals surface area contributed by atoms with Crippen molar-refractivity contribution in [3.05, 3.63) is 106 Å². The van der Waals surface area contributed by atoms with Gasteiger partial charge in [-0.3, -0.25) is 9.98 Å². The number of hydrogen-bond acceptors (Lipinski definition) is 5. The number of hydrogen-bond donors (Lipinski definition) is 2. The maximum atomic E-state index is 14.6. The Morgan fingerprint density at radius 1 is 1.00 bits per heavy atom. The fraction of sp³-hybridized carbons (Fsp3) is 0.0400. The molecule has 33 heavy (non-hydrogen) atoms. The van der Waals surface area contributed by atoms with Gasteiger partial charge in [0.05, 0.1) is 17.8 Å². The van der Waals surface area contributed by atoms with Crippen LogP contribution in [0.15, 0.2) is 78.0 Å². The number of carbonyl (C=O) groups is 1. The van der Waals surface area contributed by atoms with Gasteiger partial charge in [0.15, 0.2) is 5.82 Å². The van der Waals surface area contributed by atoms with Gasteiger partial charge in [0.25, 0.3) is 0 Å². The molecule has 0 atom stereocenters. The fourth-order valence-corrected chi connectivity index (χ4v) is 3.90. The minimum Gasteiger partial charge on any atom is -0.478 e. The Morgan fingerprint density at radius 3 is 2.58 bits per heavy atom. The number of aromatic carboxylic acids is 1. The summed E-state index contributed by atoms with van der Waals surface area (Å²) in [5.41, 5.74) is 4.77. The van der Waals surface area contributed by atoms with Crippen LogP contribution in [0.2, 0.25) is 5.02 Å². The van der Waals surface area contributed by atoms with E-state index in [9.17, 15) is 9.18 Å². The number of pyridine rings is 2. The quantitative estimate of drug-likeness (QED) is 0.408. The van der Waals surface area contributed by atoms with Crippen molar-refractivity contribution in [2.75, 3.05) is 5.32 Å². The number of aliphatic imine (C=N–C) groups is 1. The van der Waals surface area contributed by atoms with E-state index in [2.05, 4.69) is 20.3 Å². The molecule has 0 aliphatic carbocycles. The summed E-state index contributed by atoms with van der Waals surface area (Å²) in [7, 11) is 0. The van der Waals surface area contributed by atoms with Gasteiger partial charge in [-0.2, -0.15) is 0 Å². The number of anilines is 2. The van der Waals surface area contributed by atoms with Crippen LogP contribution >= 0.6 is 11.6 Å². The van der Waals surface area contributed by atoms with Crippen LogP contribution in [-0.2, 0) is 6.54 Å². The standard InChI is InChI=1S/C25H16ClFN4O2/c26-16-5-8-18-19-11-22(31-17-6-3-14(4-7-17)25(32)33)29-12-15(19)13-30-23(20(18)10-16)24-21(27)2-1-9-28-24/h1-12H,13H2,(H,29,31)(H,32,33). The molecule has 6 nitrogen and oxygen atoms in total. The molecule has 0 unspecified atom stereocenters. The molecule has 2 aromatic carbocycles. The van der Waals surface area contributed by atoms with Crippen molar-refractivity contribution >= 4 is 34.8 Å². The molecule has 5 rings (SSSR count). The van der Waals surface area contributed by atoms with E-state index in [-0.39, 0.29) is 11.3 Å². The van der Waals surface area contributed by atoms with Crippen LogP contribution in [0.3, 0.4) is 0 Å². The van der Waals surface area contributed by atoms with Crippen LogP contribution in [0.25, 0.3) is 11.1 Å². The van der Waals surface area contributed by atoms with Crippen molar-refractivity contribution < 1.29 is 14.3 Å². The van der Waals surface area contributed by atoms with Crippen molar-refractivity contribution in [2.45, 2.75) is 6.54 Å². The van der Waals surface area contributed by atoms with Crippen molar-refractivity contribution in [3.8, 4) is 11.1 Å². The molecule has 2 N–H and O–H groups in total. The zero-order chi connectivity index (χ0) is 22.9. The second-order valence-corrected chi connectivity index (χ2v) is 7.86. The summed E-state index contributed by atoms with van der Waals surface area (Å²) >= 11 is 6.29. The first kappa shape index (κ1) is 20.8. The summed E-state index contributed by atoms with van der Waals surface area (Å²) in [5.74, 6) is -0.872. The summed E-state index contributed by atoms with van der Waals surface area (Å²) in [5, 5.41) is 12.8. The first-order valence-electron chi connectivity index (χ1n) is 10.0. The van der Waals surface area contributed by atoms with E-state index in [1.807, 2.05) is 12.1 Å². The van der Waals surface area contributed by atoms with E-state index in [1.54, 1.807) is 30.5 Å². The number of benzene rings is 2. The predicted octanol–water partition coefficient (Wildman–Crippen LogP) is 5.73. The van der Waals surface area contributed by atoms with E-state index in [0.717, 1.165) is 16.7 Å². The molecule has 162 valence electrons. The Bertz CT molecular complexity index is 1420. The second-order valence-electron chi connectivity index (χ2n) is 7.42. The molecule has 1 aliphatic heterocycles. The van der Waals surface area contributed by atoms with Gasteiger partial charge >= 0.3 is 5.97 Å². The third-order valence-electron chi connectivity index (χ3n) is 5.31. The Kier molecular flexibility index (Phi) is 5.32. The monoisotopic (exact) mass is 458 g/mol. The molecule has 0 saturated carbocycles. The summed E-state index contributed by atoms with van der Waals surface area (Å²) in [6.45, 7) is 0.299. The normalized spacial score (nSPS) is 12.2. The summed E-state index contributed by atoms with van der Waals surface area (Å²) in [4.78, 5) is 24.4. The van der Waals surface area contributed by atoms with Crippen molar-refractivity contribution in [3.63, 3.8) is 0 Å². The van der Waals surface area contributed by atoms with E-state index >= 15 is 0 Å². The first-order chi connectivity index (χ1) is 16.0. The first-order valence-corrected chi connectivity index (χ1v) is 10.4. The number of nitrogens with one attached hydrogen (secondary N) is 1. The van der Waals surface area contributed by atoms with E-state index in [4.69, 9.17) is 16.7 Å². The molecule has 1 aliphatic rings. The highest BCUT2D eigenvalue weighted by Gasteiger charge is 2.23. The number of carboxylic acids is 1.